The lowest BCUT2D eigenvalue weighted by Gasteiger charge is -2.21. The van der Waals surface area contributed by atoms with Gasteiger partial charge in [0.2, 0.25) is 0 Å². The standard InChI is InChI=1S/C72H140O17P2/c1-9-65(8)51-43-35-29-31-39-47-55-72(77)89-68(59-83-70(75)53-45-37-30-28-34-42-50-64(6)7)61-87-91(80,81)85-57-66(73)56-84-90(78,79)86-60-67(88-71(76)54-46-38-27-23-22-25-33-41-49-63(4)5)58-82-69(74)52-44-36-26-21-19-17-15-13-11-10-12-14-16-18-20-24-32-40-48-62(2)3/h62-68,73H,9-61H2,1-8H3,(H,78,79)(H,80,81)/t65?,66-,67-,68-/m1/s1. The van der Waals surface area contributed by atoms with E-state index in [0.717, 1.165) is 114 Å². The molecule has 0 aromatic heterocycles. The predicted octanol–water partition coefficient (Wildman–Crippen LogP) is 20.5. The highest BCUT2D eigenvalue weighted by molar-refractivity contribution is 7.47. The monoisotopic (exact) mass is 1340 g/mol. The largest absolute Gasteiger partial charge is 0.472 e. The van der Waals surface area contributed by atoms with Crippen molar-refractivity contribution in [3.63, 3.8) is 0 Å². The molecule has 0 fully saturated rings. The highest BCUT2D eigenvalue weighted by atomic mass is 31.2. The van der Waals surface area contributed by atoms with E-state index in [9.17, 15) is 43.2 Å². The van der Waals surface area contributed by atoms with Crippen LogP contribution in [0.15, 0.2) is 0 Å². The first kappa shape index (κ1) is 89.1. The van der Waals surface area contributed by atoms with Gasteiger partial charge in [-0.3, -0.25) is 37.3 Å². The Morgan fingerprint density at radius 3 is 0.780 bits per heavy atom. The van der Waals surface area contributed by atoms with Crippen molar-refractivity contribution >= 4 is 39.5 Å². The fourth-order valence-corrected chi connectivity index (χ4v) is 12.4. The van der Waals surface area contributed by atoms with Crippen LogP contribution in [-0.2, 0) is 65.4 Å². The van der Waals surface area contributed by atoms with Gasteiger partial charge in [-0.05, 0) is 49.4 Å². The zero-order valence-corrected chi connectivity index (χ0v) is 61.3. The molecule has 0 aliphatic carbocycles. The number of carbonyl (C=O) groups is 4. The van der Waals surface area contributed by atoms with Gasteiger partial charge in [0, 0.05) is 25.7 Å². The van der Waals surface area contributed by atoms with E-state index >= 15 is 0 Å². The Morgan fingerprint density at radius 1 is 0.308 bits per heavy atom. The fraction of sp³-hybridized carbons (Fsp3) is 0.944. The van der Waals surface area contributed by atoms with Gasteiger partial charge in [0.1, 0.15) is 19.3 Å². The Hall–Kier alpha value is -1.94. The normalized spacial score (nSPS) is 14.5. The topological polar surface area (TPSA) is 237 Å². The van der Waals surface area contributed by atoms with Gasteiger partial charge in [0.25, 0.3) is 0 Å². The van der Waals surface area contributed by atoms with Crippen LogP contribution in [0.4, 0.5) is 0 Å². The molecule has 3 N–H and O–H groups in total. The number of phosphoric acid groups is 2. The van der Waals surface area contributed by atoms with Gasteiger partial charge < -0.3 is 33.8 Å². The number of esters is 4. The first-order valence-electron chi connectivity index (χ1n) is 37.2. The minimum Gasteiger partial charge on any atom is -0.462 e. The second-order valence-corrected chi connectivity index (χ2v) is 30.6. The van der Waals surface area contributed by atoms with Gasteiger partial charge in [-0.1, -0.05) is 306 Å². The third kappa shape index (κ3) is 65.1. The minimum atomic E-state index is -4.95. The zero-order valence-electron chi connectivity index (χ0n) is 59.5. The van der Waals surface area contributed by atoms with Crippen LogP contribution in [0.5, 0.6) is 0 Å². The van der Waals surface area contributed by atoms with E-state index in [1.165, 1.54) is 154 Å². The molecular formula is C72H140O17P2. The molecule has 17 nitrogen and oxygen atoms in total. The van der Waals surface area contributed by atoms with Crippen molar-refractivity contribution in [3.05, 3.63) is 0 Å². The molecule has 19 heteroatoms. The summed E-state index contributed by atoms with van der Waals surface area (Å²) in [6.45, 7) is 14.0. The molecule has 0 bridgehead atoms. The lowest BCUT2D eigenvalue weighted by Crippen LogP contribution is -2.30. The third-order valence-corrected chi connectivity index (χ3v) is 18.8. The third-order valence-electron chi connectivity index (χ3n) is 16.9. The van der Waals surface area contributed by atoms with Crippen LogP contribution in [0.3, 0.4) is 0 Å². The number of carbonyl (C=O) groups excluding carboxylic acids is 4. The van der Waals surface area contributed by atoms with Crippen LogP contribution >= 0.6 is 15.6 Å². The summed E-state index contributed by atoms with van der Waals surface area (Å²) in [5, 5.41) is 10.6. The van der Waals surface area contributed by atoms with E-state index in [1.807, 2.05) is 0 Å². The van der Waals surface area contributed by atoms with Crippen LogP contribution in [0.25, 0.3) is 0 Å². The maximum atomic E-state index is 13.0. The number of hydrogen-bond acceptors (Lipinski definition) is 15. The molecule has 3 unspecified atom stereocenters. The van der Waals surface area contributed by atoms with E-state index in [1.54, 1.807) is 0 Å². The Labute approximate surface area is 556 Å². The summed E-state index contributed by atoms with van der Waals surface area (Å²) < 4.78 is 68.2. The number of rotatable bonds is 69. The van der Waals surface area contributed by atoms with Gasteiger partial charge in [-0.15, -0.1) is 0 Å². The molecule has 0 aromatic rings. The molecular weight excluding hydrogens is 1200 g/mol. The maximum Gasteiger partial charge on any atom is 0.472 e. The Balaban J connectivity index is 5.13. The molecule has 0 radical (unpaired) electrons. The summed E-state index contributed by atoms with van der Waals surface area (Å²) in [6, 6.07) is 0. The van der Waals surface area contributed by atoms with Crippen molar-refractivity contribution in [1.29, 1.82) is 0 Å². The molecule has 0 amide bonds. The zero-order chi connectivity index (χ0) is 67.5. The first-order chi connectivity index (χ1) is 43.6. The van der Waals surface area contributed by atoms with Crippen molar-refractivity contribution < 1.29 is 80.2 Å². The SMILES string of the molecule is CCC(C)CCCCCCCCC(=O)O[C@H](COC(=O)CCCCCCCCC(C)C)COP(=O)(O)OC[C@H](O)COP(=O)(O)OC[C@@H](COC(=O)CCCCCCCCCCCCCCCCCCCCC(C)C)OC(=O)CCCCCCCCCCC(C)C. The van der Waals surface area contributed by atoms with Crippen molar-refractivity contribution in [2.75, 3.05) is 39.6 Å². The van der Waals surface area contributed by atoms with Crippen molar-refractivity contribution in [2.24, 2.45) is 23.7 Å². The summed E-state index contributed by atoms with van der Waals surface area (Å²) in [6.07, 6.45) is 44.9. The van der Waals surface area contributed by atoms with Crippen molar-refractivity contribution in [1.82, 2.24) is 0 Å². The fourth-order valence-electron chi connectivity index (χ4n) is 10.8. The van der Waals surface area contributed by atoms with E-state index in [0.29, 0.717) is 31.6 Å². The number of phosphoric ester groups is 2. The first-order valence-corrected chi connectivity index (χ1v) is 40.2. The van der Waals surface area contributed by atoms with Gasteiger partial charge in [0.05, 0.1) is 26.4 Å². The molecule has 0 aliphatic heterocycles. The average Bonchev–Trinajstić information content (AvgIpc) is 3.37. The van der Waals surface area contributed by atoms with E-state index in [4.69, 9.17) is 37.0 Å². The average molecular weight is 1340 g/mol. The number of unbranched alkanes of at least 4 members (excludes halogenated alkanes) is 34. The van der Waals surface area contributed by atoms with Crippen LogP contribution in [0, 0.1) is 23.7 Å². The highest BCUT2D eigenvalue weighted by Crippen LogP contribution is 2.45. The van der Waals surface area contributed by atoms with Crippen LogP contribution in [-0.4, -0.2) is 96.7 Å². The summed E-state index contributed by atoms with van der Waals surface area (Å²) in [5.41, 5.74) is 0. The van der Waals surface area contributed by atoms with E-state index in [-0.39, 0.29) is 25.7 Å². The lowest BCUT2D eigenvalue weighted by atomic mass is 10.00. The molecule has 0 saturated heterocycles. The lowest BCUT2D eigenvalue weighted by molar-refractivity contribution is -0.161. The molecule has 6 atom stereocenters. The van der Waals surface area contributed by atoms with Gasteiger partial charge >= 0.3 is 39.5 Å². The molecule has 91 heavy (non-hydrogen) atoms. The molecule has 0 rings (SSSR count). The number of ether oxygens (including phenoxy) is 4. The molecule has 0 heterocycles. The number of hydrogen-bond donors (Lipinski definition) is 3. The Bertz CT molecular complexity index is 1800. The molecule has 0 saturated carbocycles. The van der Waals surface area contributed by atoms with Crippen LogP contribution in [0.2, 0.25) is 0 Å². The predicted molar refractivity (Wildman–Crippen MR) is 367 cm³/mol. The van der Waals surface area contributed by atoms with E-state index < -0.39 is 97.5 Å². The maximum absolute atomic E-state index is 13.0. The van der Waals surface area contributed by atoms with Gasteiger partial charge in [0.15, 0.2) is 12.2 Å². The van der Waals surface area contributed by atoms with Crippen LogP contribution < -0.4 is 0 Å². The van der Waals surface area contributed by atoms with Crippen LogP contribution in [0.1, 0.15) is 357 Å². The highest BCUT2D eigenvalue weighted by Gasteiger charge is 2.30. The summed E-state index contributed by atoms with van der Waals surface area (Å²) in [4.78, 5) is 72.5. The Morgan fingerprint density at radius 2 is 0.527 bits per heavy atom. The summed E-state index contributed by atoms with van der Waals surface area (Å²) in [7, 11) is -9.90. The van der Waals surface area contributed by atoms with Gasteiger partial charge in [-0.25, -0.2) is 9.13 Å². The summed E-state index contributed by atoms with van der Waals surface area (Å²) in [5.74, 6) is 0.807. The minimum absolute atomic E-state index is 0.101. The smallest absolute Gasteiger partial charge is 0.462 e. The summed E-state index contributed by atoms with van der Waals surface area (Å²) >= 11 is 0. The second kappa shape index (κ2) is 61.6. The molecule has 0 spiro atoms. The Kier molecular flexibility index (Phi) is 60.3. The molecule has 540 valence electrons. The number of aliphatic hydroxyl groups is 1. The van der Waals surface area contributed by atoms with Crippen molar-refractivity contribution in [2.45, 2.75) is 375 Å². The van der Waals surface area contributed by atoms with Crippen molar-refractivity contribution in [3.8, 4) is 0 Å². The van der Waals surface area contributed by atoms with E-state index in [2.05, 4.69) is 55.4 Å². The van der Waals surface area contributed by atoms with Gasteiger partial charge in [-0.2, -0.15) is 0 Å². The molecule has 0 aliphatic rings. The molecule has 0 aromatic carbocycles. The quantitative estimate of drug-likeness (QED) is 0.0222. The second-order valence-electron chi connectivity index (χ2n) is 27.6. The number of aliphatic hydroxyl groups excluding tert-OH is 1.